The van der Waals surface area contributed by atoms with Crippen molar-refractivity contribution in [1.29, 1.82) is 0 Å². The monoisotopic (exact) mass is 251 g/mol. The molecule has 0 amide bonds. The van der Waals surface area contributed by atoms with Gasteiger partial charge in [-0.15, -0.1) is 0 Å². The Morgan fingerprint density at radius 3 is 3.05 bits per heavy atom. The number of fused-ring (bicyclic) bond motifs is 2. The Labute approximate surface area is 110 Å². The molecular weight excluding hydrogens is 238 g/mol. The molecule has 4 heteroatoms. The molecule has 2 aromatic heterocycles. The van der Waals surface area contributed by atoms with Crippen molar-refractivity contribution >= 4 is 11.2 Å². The van der Waals surface area contributed by atoms with Gasteiger partial charge in [0.1, 0.15) is 18.2 Å². The van der Waals surface area contributed by atoms with E-state index in [0.29, 0.717) is 6.61 Å². The summed E-state index contributed by atoms with van der Waals surface area (Å²) in [5.41, 5.74) is 4.15. The topological polar surface area (TPSA) is 50.8 Å². The SMILES string of the molecule is Cc1ccnc2nc(C3COc4ccccc43)[nH]c12. The lowest BCUT2D eigenvalue weighted by molar-refractivity contribution is 0.340. The molecule has 4 nitrogen and oxygen atoms in total. The zero-order valence-corrected chi connectivity index (χ0v) is 10.6. The highest BCUT2D eigenvalue weighted by Crippen LogP contribution is 2.37. The summed E-state index contributed by atoms with van der Waals surface area (Å²) in [6.07, 6.45) is 1.79. The summed E-state index contributed by atoms with van der Waals surface area (Å²) in [4.78, 5) is 12.3. The van der Waals surface area contributed by atoms with Crippen molar-refractivity contribution < 1.29 is 4.74 Å². The quantitative estimate of drug-likeness (QED) is 0.723. The van der Waals surface area contributed by atoms with E-state index in [-0.39, 0.29) is 5.92 Å². The molecule has 1 unspecified atom stereocenters. The normalized spacial score (nSPS) is 17.4. The van der Waals surface area contributed by atoms with Crippen LogP contribution in [0.5, 0.6) is 5.75 Å². The van der Waals surface area contributed by atoms with Crippen molar-refractivity contribution in [3.8, 4) is 5.75 Å². The Balaban J connectivity index is 1.86. The number of pyridine rings is 1. The van der Waals surface area contributed by atoms with Gasteiger partial charge in [0.2, 0.25) is 0 Å². The zero-order valence-electron chi connectivity index (χ0n) is 10.6. The molecule has 1 aromatic carbocycles. The smallest absolute Gasteiger partial charge is 0.177 e. The Morgan fingerprint density at radius 2 is 2.16 bits per heavy atom. The fraction of sp³-hybridized carbons (Fsp3) is 0.200. The number of nitrogens with zero attached hydrogens (tertiary/aromatic N) is 2. The molecule has 0 saturated heterocycles. The van der Waals surface area contributed by atoms with Crippen LogP contribution in [-0.2, 0) is 0 Å². The maximum Gasteiger partial charge on any atom is 0.177 e. The van der Waals surface area contributed by atoms with Gasteiger partial charge in [0.15, 0.2) is 5.65 Å². The largest absolute Gasteiger partial charge is 0.492 e. The van der Waals surface area contributed by atoms with E-state index >= 15 is 0 Å². The van der Waals surface area contributed by atoms with E-state index in [1.165, 1.54) is 5.56 Å². The number of hydrogen-bond donors (Lipinski definition) is 1. The van der Waals surface area contributed by atoms with E-state index in [1.807, 2.05) is 24.3 Å². The molecule has 1 N–H and O–H groups in total. The van der Waals surface area contributed by atoms with E-state index in [9.17, 15) is 0 Å². The minimum absolute atomic E-state index is 0.171. The maximum atomic E-state index is 5.71. The van der Waals surface area contributed by atoms with Crippen molar-refractivity contribution in [3.63, 3.8) is 0 Å². The molecule has 94 valence electrons. The van der Waals surface area contributed by atoms with Gasteiger partial charge in [-0.2, -0.15) is 0 Å². The number of aryl methyl sites for hydroxylation is 1. The van der Waals surface area contributed by atoms with Gasteiger partial charge in [-0.1, -0.05) is 18.2 Å². The Hall–Kier alpha value is -2.36. The highest BCUT2D eigenvalue weighted by Gasteiger charge is 2.28. The summed E-state index contributed by atoms with van der Waals surface area (Å²) in [5.74, 6) is 2.06. The predicted octanol–water partition coefficient (Wildman–Crippen LogP) is 2.79. The first-order chi connectivity index (χ1) is 9.33. The number of ether oxygens (including phenoxy) is 1. The number of para-hydroxylation sites is 1. The van der Waals surface area contributed by atoms with E-state index in [1.54, 1.807) is 6.20 Å². The van der Waals surface area contributed by atoms with E-state index in [4.69, 9.17) is 4.74 Å². The van der Waals surface area contributed by atoms with Gasteiger partial charge in [-0.25, -0.2) is 9.97 Å². The number of imidazole rings is 1. The van der Waals surface area contributed by atoms with Crippen molar-refractivity contribution in [2.75, 3.05) is 6.61 Å². The number of rotatable bonds is 1. The molecule has 0 aliphatic carbocycles. The average Bonchev–Trinajstić information content (AvgIpc) is 3.02. The molecule has 3 heterocycles. The molecular formula is C15H13N3O. The second-order valence-corrected chi connectivity index (χ2v) is 4.85. The summed E-state index contributed by atoms with van der Waals surface area (Å²) in [5, 5.41) is 0. The summed E-state index contributed by atoms with van der Waals surface area (Å²) in [6, 6.07) is 10.1. The second-order valence-electron chi connectivity index (χ2n) is 4.85. The van der Waals surface area contributed by atoms with Crippen LogP contribution in [-0.4, -0.2) is 21.6 Å². The maximum absolute atomic E-state index is 5.71. The third kappa shape index (κ3) is 1.53. The van der Waals surface area contributed by atoms with Crippen molar-refractivity contribution in [2.24, 2.45) is 0 Å². The van der Waals surface area contributed by atoms with Crippen LogP contribution in [0, 0.1) is 6.92 Å². The van der Waals surface area contributed by atoms with Crippen LogP contribution < -0.4 is 4.74 Å². The first kappa shape index (κ1) is 10.6. The van der Waals surface area contributed by atoms with Crippen LogP contribution in [0.4, 0.5) is 0 Å². The Kier molecular flexibility index (Phi) is 2.12. The highest BCUT2D eigenvalue weighted by atomic mass is 16.5. The Morgan fingerprint density at radius 1 is 1.26 bits per heavy atom. The van der Waals surface area contributed by atoms with Crippen LogP contribution in [0.3, 0.4) is 0 Å². The van der Waals surface area contributed by atoms with Crippen LogP contribution in [0.25, 0.3) is 11.2 Å². The first-order valence-corrected chi connectivity index (χ1v) is 6.36. The van der Waals surface area contributed by atoms with Gasteiger partial charge in [0.05, 0.1) is 11.4 Å². The van der Waals surface area contributed by atoms with Gasteiger partial charge in [-0.05, 0) is 24.6 Å². The van der Waals surface area contributed by atoms with Crippen LogP contribution in [0.1, 0.15) is 22.9 Å². The number of benzene rings is 1. The minimum atomic E-state index is 0.171. The van der Waals surface area contributed by atoms with Crippen LogP contribution >= 0.6 is 0 Å². The van der Waals surface area contributed by atoms with E-state index in [0.717, 1.165) is 28.3 Å². The molecule has 0 bridgehead atoms. The third-order valence-corrected chi connectivity index (χ3v) is 3.65. The lowest BCUT2D eigenvalue weighted by Gasteiger charge is -2.03. The summed E-state index contributed by atoms with van der Waals surface area (Å²) >= 11 is 0. The fourth-order valence-corrected chi connectivity index (χ4v) is 2.61. The summed E-state index contributed by atoms with van der Waals surface area (Å²) in [7, 11) is 0. The van der Waals surface area contributed by atoms with E-state index in [2.05, 4.69) is 27.9 Å². The van der Waals surface area contributed by atoms with Crippen molar-refractivity contribution in [3.05, 3.63) is 53.5 Å². The summed E-state index contributed by atoms with van der Waals surface area (Å²) in [6.45, 7) is 2.70. The number of hydrogen-bond acceptors (Lipinski definition) is 3. The summed E-state index contributed by atoms with van der Waals surface area (Å²) < 4.78 is 5.71. The molecule has 4 rings (SSSR count). The predicted molar refractivity (Wildman–Crippen MR) is 72.4 cm³/mol. The van der Waals surface area contributed by atoms with Gasteiger partial charge < -0.3 is 9.72 Å². The third-order valence-electron chi connectivity index (χ3n) is 3.65. The molecule has 1 aliphatic rings. The standard InChI is InChI=1S/C15H13N3O/c1-9-6-7-16-15-13(9)17-14(18-15)11-8-19-12-5-3-2-4-10(11)12/h2-7,11H,8H2,1H3,(H,16,17,18). The molecule has 0 spiro atoms. The van der Waals surface area contributed by atoms with Crippen LogP contribution in [0.15, 0.2) is 36.5 Å². The minimum Gasteiger partial charge on any atom is -0.492 e. The van der Waals surface area contributed by atoms with Crippen molar-refractivity contribution in [2.45, 2.75) is 12.8 Å². The molecule has 0 saturated carbocycles. The van der Waals surface area contributed by atoms with E-state index < -0.39 is 0 Å². The van der Waals surface area contributed by atoms with Gasteiger partial charge in [0, 0.05) is 11.8 Å². The second kappa shape index (κ2) is 3.82. The van der Waals surface area contributed by atoms with Crippen LogP contribution in [0.2, 0.25) is 0 Å². The number of aromatic nitrogens is 3. The van der Waals surface area contributed by atoms with Gasteiger partial charge >= 0.3 is 0 Å². The Bertz CT molecular complexity index is 763. The van der Waals surface area contributed by atoms with Gasteiger partial charge in [-0.3, -0.25) is 0 Å². The lowest BCUT2D eigenvalue weighted by Crippen LogP contribution is -2.04. The number of H-pyrrole nitrogens is 1. The number of nitrogens with one attached hydrogen (secondary N) is 1. The molecule has 1 atom stereocenters. The average molecular weight is 251 g/mol. The molecule has 19 heavy (non-hydrogen) atoms. The molecule has 3 aromatic rings. The number of aromatic amines is 1. The molecule has 0 fully saturated rings. The zero-order chi connectivity index (χ0) is 12.8. The fourth-order valence-electron chi connectivity index (χ4n) is 2.61. The lowest BCUT2D eigenvalue weighted by atomic mass is 10.0. The first-order valence-electron chi connectivity index (χ1n) is 6.36. The highest BCUT2D eigenvalue weighted by molar-refractivity contribution is 5.74. The molecule has 0 radical (unpaired) electrons. The van der Waals surface area contributed by atoms with Gasteiger partial charge in [0.25, 0.3) is 0 Å². The van der Waals surface area contributed by atoms with Crippen molar-refractivity contribution in [1.82, 2.24) is 15.0 Å². The molecule has 1 aliphatic heterocycles.